The molecule has 3 aromatic rings. The number of unbranched alkanes of at least 4 members (excludes halogenated alkanes) is 1. The highest BCUT2D eigenvalue weighted by Gasteiger charge is 2.30. The van der Waals surface area contributed by atoms with Crippen LogP contribution in [0.5, 0.6) is 0 Å². The molecule has 2 N–H and O–H groups in total. The molecule has 0 aliphatic carbocycles. The molecule has 34 heavy (non-hydrogen) atoms. The van der Waals surface area contributed by atoms with Crippen molar-refractivity contribution >= 4 is 22.8 Å². The van der Waals surface area contributed by atoms with Crippen LogP contribution >= 0.6 is 0 Å². The van der Waals surface area contributed by atoms with Crippen LogP contribution in [0.3, 0.4) is 0 Å². The van der Waals surface area contributed by atoms with E-state index in [2.05, 4.69) is 10.3 Å². The minimum atomic E-state index is -4.59. The van der Waals surface area contributed by atoms with E-state index in [4.69, 9.17) is 0 Å². The fourth-order valence-electron chi connectivity index (χ4n) is 3.70. The summed E-state index contributed by atoms with van der Waals surface area (Å²) in [6.07, 6.45) is -2.59. The number of carbonyl (C=O) groups is 1. The van der Waals surface area contributed by atoms with Crippen LogP contribution in [0.1, 0.15) is 44.5 Å². The SMILES string of the molecule is CCCCn1c(=O)n(CC(=O)Nc2cccc(C(F)(F)F)c2)c(=O)c2c1nc(CO)n2CCC. The molecule has 1 amide bonds. The molecule has 0 aliphatic heterocycles. The third-order valence-electron chi connectivity index (χ3n) is 5.29. The summed E-state index contributed by atoms with van der Waals surface area (Å²) in [5.74, 6) is -0.603. The van der Waals surface area contributed by atoms with E-state index < -0.39 is 42.0 Å². The van der Waals surface area contributed by atoms with Crippen molar-refractivity contribution in [3.8, 4) is 0 Å². The first-order chi connectivity index (χ1) is 16.1. The molecule has 2 aromatic heterocycles. The molecule has 3 rings (SSSR count). The van der Waals surface area contributed by atoms with Gasteiger partial charge in [-0.3, -0.25) is 14.2 Å². The molecular weight excluding hydrogens is 455 g/mol. The Morgan fingerprint density at radius 2 is 1.82 bits per heavy atom. The van der Waals surface area contributed by atoms with Crippen molar-refractivity contribution in [1.29, 1.82) is 0 Å². The minimum absolute atomic E-state index is 0.0912. The number of imidazole rings is 1. The third-order valence-corrected chi connectivity index (χ3v) is 5.29. The summed E-state index contributed by atoms with van der Waals surface area (Å²) in [4.78, 5) is 43.3. The largest absolute Gasteiger partial charge is 0.416 e. The monoisotopic (exact) mass is 481 g/mol. The third kappa shape index (κ3) is 5.06. The molecule has 0 unspecified atom stereocenters. The number of benzene rings is 1. The fourth-order valence-corrected chi connectivity index (χ4v) is 3.70. The molecule has 0 bridgehead atoms. The lowest BCUT2D eigenvalue weighted by molar-refractivity contribution is -0.137. The molecule has 0 saturated carbocycles. The zero-order valence-electron chi connectivity index (χ0n) is 18.9. The first-order valence-corrected chi connectivity index (χ1v) is 10.9. The van der Waals surface area contributed by atoms with Gasteiger partial charge in [0.2, 0.25) is 5.91 Å². The Morgan fingerprint density at radius 1 is 1.09 bits per heavy atom. The second kappa shape index (κ2) is 10.2. The molecule has 184 valence electrons. The molecule has 0 fully saturated rings. The number of aromatic nitrogens is 4. The van der Waals surface area contributed by atoms with Gasteiger partial charge >= 0.3 is 11.9 Å². The molecule has 0 radical (unpaired) electrons. The predicted molar refractivity (Wildman–Crippen MR) is 119 cm³/mol. The van der Waals surface area contributed by atoms with E-state index in [0.29, 0.717) is 19.4 Å². The van der Waals surface area contributed by atoms with Gasteiger partial charge < -0.3 is 15.0 Å². The number of hydrogen-bond donors (Lipinski definition) is 2. The number of aliphatic hydroxyl groups is 1. The lowest BCUT2D eigenvalue weighted by atomic mass is 10.2. The smallest absolute Gasteiger partial charge is 0.388 e. The van der Waals surface area contributed by atoms with E-state index in [1.165, 1.54) is 15.2 Å². The number of carbonyl (C=O) groups excluding carboxylic acids is 1. The van der Waals surface area contributed by atoms with Gasteiger partial charge in [0, 0.05) is 18.8 Å². The van der Waals surface area contributed by atoms with Gasteiger partial charge in [0.05, 0.1) is 5.56 Å². The van der Waals surface area contributed by atoms with Crippen molar-refractivity contribution < 1.29 is 23.1 Å². The first kappa shape index (κ1) is 25.2. The Kier molecular flexibility index (Phi) is 7.60. The topological polar surface area (TPSA) is 111 Å². The van der Waals surface area contributed by atoms with Crippen LogP contribution in [0.4, 0.5) is 18.9 Å². The zero-order chi connectivity index (χ0) is 25.0. The number of alkyl halides is 3. The van der Waals surface area contributed by atoms with Gasteiger partial charge in [0.15, 0.2) is 11.2 Å². The lowest BCUT2D eigenvalue weighted by Gasteiger charge is -2.13. The van der Waals surface area contributed by atoms with Crippen molar-refractivity contribution in [3.63, 3.8) is 0 Å². The number of aryl methyl sites for hydroxylation is 2. The summed E-state index contributed by atoms with van der Waals surface area (Å²) in [6.45, 7) is 3.28. The summed E-state index contributed by atoms with van der Waals surface area (Å²) in [7, 11) is 0. The zero-order valence-corrected chi connectivity index (χ0v) is 18.9. The van der Waals surface area contributed by atoms with Crippen LogP contribution in [-0.4, -0.2) is 29.7 Å². The van der Waals surface area contributed by atoms with Crippen LogP contribution in [0.15, 0.2) is 33.9 Å². The molecular formula is C22H26F3N5O4. The van der Waals surface area contributed by atoms with Crippen LogP contribution in [0.2, 0.25) is 0 Å². The van der Waals surface area contributed by atoms with Gasteiger partial charge in [0.1, 0.15) is 19.0 Å². The van der Waals surface area contributed by atoms with Gasteiger partial charge in [-0.1, -0.05) is 26.3 Å². The maximum Gasteiger partial charge on any atom is 0.416 e. The number of nitrogens with one attached hydrogen (secondary N) is 1. The van der Waals surface area contributed by atoms with Crippen molar-refractivity contribution in [2.24, 2.45) is 0 Å². The number of aliphatic hydroxyl groups excluding tert-OH is 1. The van der Waals surface area contributed by atoms with E-state index >= 15 is 0 Å². The Bertz CT molecular complexity index is 1310. The Hall–Kier alpha value is -3.41. The number of fused-ring (bicyclic) bond motifs is 1. The van der Waals surface area contributed by atoms with Crippen LogP contribution in [0.25, 0.3) is 11.2 Å². The molecule has 0 atom stereocenters. The summed E-state index contributed by atoms with van der Waals surface area (Å²) in [6, 6.07) is 4.07. The van der Waals surface area contributed by atoms with Gasteiger partial charge in [-0.2, -0.15) is 13.2 Å². The second-order valence-electron chi connectivity index (χ2n) is 7.82. The molecule has 0 aliphatic rings. The quantitative estimate of drug-likeness (QED) is 0.488. The van der Waals surface area contributed by atoms with Crippen molar-refractivity contribution in [2.45, 2.75) is 65.5 Å². The van der Waals surface area contributed by atoms with E-state index in [1.807, 2.05) is 13.8 Å². The number of nitrogens with zero attached hydrogens (tertiary/aromatic N) is 4. The van der Waals surface area contributed by atoms with Gasteiger partial charge in [-0.15, -0.1) is 0 Å². The van der Waals surface area contributed by atoms with E-state index in [-0.39, 0.29) is 29.2 Å². The molecule has 1 aromatic carbocycles. The van der Waals surface area contributed by atoms with Crippen LogP contribution in [-0.2, 0) is 37.2 Å². The van der Waals surface area contributed by atoms with Crippen molar-refractivity contribution in [3.05, 3.63) is 56.5 Å². The number of hydrogen-bond acceptors (Lipinski definition) is 5. The van der Waals surface area contributed by atoms with Gasteiger partial charge in [0.25, 0.3) is 5.56 Å². The minimum Gasteiger partial charge on any atom is -0.388 e. The lowest BCUT2D eigenvalue weighted by Crippen LogP contribution is -2.43. The number of halogens is 3. The summed E-state index contributed by atoms with van der Waals surface area (Å²) < 4.78 is 42.4. The number of anilines is 1. The van der Waals surface area contributed by atoms with E-state index in [9.17, 15) is 32.7 Å². The highest BCUT2D eigenvalue weighted by molar-refractivity contribution is 5.90. The summed E-state index contributed by atoms with van der Waals surface area (Å²) in [5, 5.41) is 12.0. The fraction of sp³-hybridized carbons (Fsp3) is 0.455. The molecule has 0 saturated heterocycles. The van der Waals surface area contributed by atoms with Gasteiger partial charge in [-0.05, 0) is 31.0 Å². The molecule has 9 nitrogen and oxygen atoms in total. The highest BCUT2D eigenvalue weighted by Crippen LogP contribution is 2.30. The predicted octanol–water partition coefficient (Wildman–Crippen LogP) is 2.72. The van der Waals surface area contributed by atoms with E-state index in [0.717, 1.165) is 29.2 Å². The molecule has 12 heteroatoms. The Balaban J connectivity index is 2.06. The Labute approximate surface area is 192 Å². The second-order valence-corrected chi connectivity index (χ2v) is 7.82. The maximum absolute atomic E-state index is 13.3. The number of rotatable bonds is 9. The Morgan fingerprint density at radius 3 is 2.44 bits per heavy atom. The van der Waals surface area contributed by atoms with Crippen LogP contribution < -0.4 is 16.6 Å². The normalized spacial score (nSPS) is 11.8. The highest BCUT2D eigenvalue weighted by atomic mass is 19.4. The first-order valence-electron chi connectivity index (χ1n) is 10.9. The maximum atomic E-state index is 13.3. The van der Waals surface area contributed by atoms with E-state index in [1.54, 1.807) is 0 Å². The van der Waals surface area contributed by atoms with Gasteiger partial charge in [-0.25, -0.2) is 14.3 Å². The molecule has 2 heterocycles. The van der Waals surface area contributed by atoms with Crippen molar-refractivity contribution in [1.82, 2.24) is 18.7 Å². The molecule has 0 spiro atoms. The average Bonchev–Trinajstić information content (AvgIpc) is 3.15. The summed E-state index contributed by atoms with van der Waals surface area (Å²) >= 11 is 0. The number of amides is 1. The van der Waals surface area contributed by atoms with Crippen molar-refractivity contribution in [2.75, 3.05) is 5.32 Å². The standard InChI is InChI=1S/C22H26F3N5O4/c1-3-5-10-29-19-18(28(9-4-2)16(13-31)27-19)20(33)30(21(29)34)12-17(32)26-15-8-6-7-14(11-15)22(23,24)25/h6-8,11,31H,3-5,9-10,12-13H2,1-2H3,(H,26,32). The summed E-state index contributed by atoms with van der Waals surface area (Å²) in [5.41, 5.74) is -2.34. The van der Waals surface area contributed by atoms with Crippen LogP contribution in [0, 0.1) is 0 Å². The average molecular weight is 481 g/mol.